The summed E-state index contributed by atoms with van der Waals surface area (Å²) in [6, 6.07) is 17.8. The highest BCUT2D eigenvalue weighted by Crippen LogP contribution is 2.13. The predicted octanol–water partition coefficient (Wildman–Crippen LogP) is 2.54. The summed E-state index contributed by atoms with van der Waals surface area (Å²) in [5, 5.41) is 16.3. The van der Waals surface area contributed by atoms with Crippen molar-refractivity contribution in [1.29, 1.82) is 0 Å². The van der Waals surface area contributed by atoms with Crippen molar-refractivity contribution in [3.05, 3.63) is 65.7 Å². The van der Waals surface area contributed by atoms with E-state index in [0.29, 0.717) is 0 Å². The van der Waals surface area contributed by atoms with E-state index in [1.165, 1.54) is 5.56 Å². The second-order valence-electron chi connectivity index (χ2n) is 5.52. The number of hydrogen-bond acceptors (Lipinski definition) is 4. The highest BCUT2D eigenvalue weighted by molar-refractivity contribution is 5.82. The van der Waals surface area contributed by atoms with Crippen molar-refractivity contribution in [2.75, 3.05) is 26.2 Å². The predicted molar refractivity (Wildman–Crippen MR) is 89.0 cm³/mol. The van der Waals surface area contributed by atoms with Gasteiger partial charge >= 0.3 is 0 Å². The van der Waals surface area contributed by atoms with Crippen LogP contribution in [0.4, 0.5) is 0 Å². The average Bonchev–Trinajstić information content (AvgIpc) is 2.56. The summed E-state index contributed by atoms with van der Waals surface area (Å²) in [7, 11) is 0. The number of aromatic hydroxyl groups is 1. The summed E-state index contributed by atoms with van der Waals surface area (Å²) >= 11 is 0. The van der Waals surface area contributed by atoms with Crippen LogP contribution in [0.15, 0.2) is 59.7 Å². The number of phenols is 1. The molecular formula is C18H21N3O. The monoisotopic (exact) mass is 295 g/mol. The number of benzene rings is 2. The molecule has 4 heteroatoms. The van der Waals surface area contributed by atoms with Crippen LogP contribution < -0.4 is 0 Å². The van der Waals surface area contributed by atoms with E-state index in [1.807, 2.05) is 18.2 Å². The van der Waals surface area contributed by atoms with Gasteiger partial charge in [0.2, 0.25) is 0 Å². The minimum absolute atomic E-state index is 0.272. The fourth-order valence-corrected chi connectivity index (χ4v) is 2.59. The zero-order valence-corrected chi connectivity index (χ0v) is 12.6. The summed E-state index contributed by atoms with van der Waals surface area (Å²) in [6.07, 6.45) is 1.74. The Morgan fingerprint density at radius 3 is 2.32 bits per heavy atom. The molecule has 1 saturated heterocycles. The third-order valence-corrected chi connectivity index (χ3v) is 3.89. The first-order valence-corrected chi connectivity index (χ1v) is 7.64. The molecule has 22 heavy (non-hydrogen) atoms. The molecule has 0 amide bonds. The molecule has 0 saturated carbocycles. The van der Waals surface area contributed by atoms with Crippen molar-refractivity contribution in [2.45, 2.75) is 6.54 Å². The summed E-state index contributed by atoms with van der Waals surface area (Å²) in [5.74, 6) is 0.272. The maximum Gasteiger partial charge on any atom is 0.124 e. The Bertz CT molecular complexity index is 619. The number of hydrazone groups is 1. The largest absolute Gasteiger partial charge is 0.507 e. The fourth-order valence-electron chi connectivity index (χ4n) is 2.59. The average molecular weight is 295 g/mol. The lowest BCUT2D eigenvalue weighted by Gasteiger charge is -2.33. The molecule has 1 aliphatic rings. The molecule has 3 rings (SSSR count). The van der Waals surface area contributed by atoms with Crippen molar-refractivity contribution in [2.24, 2.45) is 5.10 Å². The van der Waals surface area contributed by atoms with Gasteiger partial charge in [0.15, 0.2) is 0 Å². The van der Waals surface area contributed by atoms with E-state index >= 15 is 0 Å². The lowest BCUT2D eigenvalue weighted by atomic mass is 10.2. The van der Waals surface area contributed by atoms with E-state index in [1.54, 1.807) is 12.3 Å². The molecule has 2 aromatic rings. The molecule has 2 aromatic carbocycles. The lowest BCUT2D eigenvalue weighted by Crippen LogP contribution is -2.43. The lowest BCUT2D eigenvalue weighted by molar-refractivity contribution is 0.131. The number of para-hydroxylation sites is 1. The maximum atomic E-state index is 9.73. The first-order chi connectivity index (χ1) is 10.8. The highest BCUT2D eigenvalue weighted by atomic mass is 16.3. The number of piperazine rings is 1. The minimum Gasteiger partial charge on any atom is -0.507 e. The van der Waals surface area contributed by atoms with Gasteiger partial charge in [-0.05, 0) is 17.7 Å². The van der Waals surface area contributed by atoms with Crippen LogP contribution in [0.25, 0.3) is 0 Å². The third kappa shape index (κ3) is 3.86. The van der Waals surface area contributed by atoms with Crippen molar-refractivity contribution < 1.29 is 5.11 Å². The Kier molecular flexibility index (Phi) is 4.71. The molecule has 0 unspecified atom stereocenters. The summed E-state index contributed by atoms with van der Waals surface area (Å²) in [6.45, 7) is 4.84. The molecular weight excluding hydrogens is 274 g/mol. The van der Waals surface area contributed by atoms with Gasteiger partial charge in [-0.1, -0.05) is 42.5 Å². The van der Waals surface area contributed by atoms with Crippen LogP contribution in [-0.4, -0.2) is 47.4 Å². The van der Waals surface area contributed by atoms with E-state index in [9.17, 15) is 5.11 Å². The molecule has 0 radical (unpaired) electrons. The van der Waals surface area contributed by atoms with Gasteiger partial charge in [0.05, 0.1) is 6.21 Å². The van der Waals surface area contributed by atoms with Crippen LogP contribution in [-0.2, 0) is 6.54 Å². The van der Waals surface area contributed by atoms with Gasteiger partial charge in [0, 0.05) is 38.3 Å². The summed E-state index contributed by atoms with van der Waals surface area (Å²) < 4.78 is 0. The number of phenolic OH excluding ortho intramolecular Hbond substituents is 1. The van der Waals surface area contributed by atoms with Gasteiger partial charge in [0.1, 0.15) is 5.75 Å². The fraction of sp³-hybridized carbons (Fsp3) is 0.278. The van der Waals surface area contributed by atoms with Crippen molar-refractivity contribution in [3.8, 4) is 5.75 Å². The van der Waals surface area contributed by atoms with Crippen LogP contribution >= 0.6 is 0 Å². The summed E-state index contributed by atoms with van der Waals surface area (Å²) in [4.78, 5) is 2.45. The second kappa shape index (κ2) is 7.09. The molecule has 0 spiro atoms. The van der Waals surface area contributed by atoms with Crippen LogP contribution in [0.3, 0.4) is 0 Å². The topological polar surface area (TPSA) is 39.1 Å². The van der Waals surface area contributed by atoms with Gasteiger partial charge in [-0.15, -0.1) is 0 Å². The second-order valence-corrected chi connectivity index (χ2v) is 5.52. The van der Waals surface area contributed by atoms with E-state index in [0.717, 1.165) is 38.3 Å². The van der Waals surface area contributed by atoms with Crippen LogP contribution in [0.5, 0.6) is 5.75 Å². The van der Waals surface area contributed by atoms with Crippen LogP contribution in [0.2, 0.25) is 0 Å². The molecule has 1 fully saturated rings. The molecule has 0 aromatic heterocycles. The molecule has 0 bridgehead atoms. The standard InChI is InChI=1S/C18H21N3O/c22-18-9-5-4-8-17(18)14-19-21-12-10-20(11-13-21)15-16-6-2-1-3-7-16/h1-9,14,22H,10-13,15H2/b19-14-. The molecule has 0 aliphatic carbocycles. The quantitative estimate of drug-likeness (QED) is 0.881. The van der Waals surface area contributed by atoms with E-state index in [2.05, 4.69) is 45.3 Å². The van der Waals surface area contributed by atoms with Gasteiger partial charge in [-0.25, -0.2) is 0 Å². The molecule has 114 valence electrons. The summed E-state index contributed by atoms with van der Waals surface area (Å²) in [5.41, 5.74) is 2.11. The number of nitrogens with zero attached hydrogens (tertiary/aromatic N) is 3. The van der Waals surface area contributed by atoms with Gasteiger partial charge in [-0.2, -0.15) is 5.10 Å². The molecule has 1 heterocycles. The van der Waals surface area contributed by atoms with Gasteiger partial charge < -0.3 is 5.11 Å². The zero-order valence-electron chi connectivity index (χ0n) is 12.6. The van der Waals surface area contributed by atoms with Crippen molar-refractivity contribution >= 4 is 6.21 Å². The van der Waals surface area contributed by atoms with Gasteiger partial charge in [0.25, 0.3) is 0 Å². The SMILES string of the molecule is Oc1ccccc1/C=N\N1CCN(Cc2ccccc2)CC1. The molecule has 4 nitrogen and oxygen atoms in total. The first kappa shape index (κ1) is 14.6. The highest BCUT2D eigenvalue weighted by Gasteiger charge is 2.15. The van der Waals surface area contributed by atoms with E-state index in [-0.39, 0.29) is 5.75 Å². The van der Waals surface area contributed by atoms with E-state index < -0.39 is 0 Å². The molecule has 1 aliphatic heterocycles. The Labute approximate surface area is 131 Å². The van der Waals surface area contributed by atoms with E-state index in [4.69, 9.17) is 0 Å². The smallest absolute Gasteiger partial charge is 0.124 e. The first-order valence-electron chi connectivity index (χ1n) is 7.64. The minimum atomic E-state index is 0.272. The normalized spacial score (nSPS) is 16.3. The van der Waals surface area contributed by atoms with Crippen molar-refractivity contribution in [1.82, 2.24) is 9.91 Å². The zero-order chi connectivity index (χ0) is 15.2. The Balaban J connectivity index is 1.51. The third-order valence-electron chi connectivity index (χ3n) is 3.89. The van der Waals surface area contributed by atoms with Gasteiger partial charge in [-0.3, -0.25) is 9.91 Å². The molecule has 0 atom stereocenters. The van der Waals surface area contributed by atoms with Crippen LogP contribution in [0, 0.1) is 0 Å². The van der Waals surface area contributed by atoms with Crippen molar-refractivity contribution in [3.63, 3.8) is 0 Å². The van der Waals surface area contributed by atoms with Crippen LogP contribution in [0.1, 0.15) is 11.1 Å². The number of rotatable bonds is 4. The number of hydrogen-bond donors (Lipinski definition) is 1. The maximum absolute atomic E-state index is 9.73. The Hall–Kier alpha value is -2.33. The Morgan fingerprint density at radius 2 is 1.59 bits per heavy atom. The molecule has 1 N–H and O–H groups in total. The Morgan fingerprint density at radius 1 is 0.909 bits per heavy atom.